The maximum Gasteiger partial charge on any atom is 0.347 e. The van der Waals surface area contributed by atoms with Crippen molar-refractivity contribution in [3.05, 3.63) is 59.7 Å². The number of hydrogen-bond acceptors (Lipinski definition) is 5. The highest BCUT2D eigenvalue weighted by atomic mass is 16.5. The van der Waals surface area contributed by atoms with Crippen LogP contribution in [-0.4, -0.2) is 25.2 Å². The van der Waals surface area contributed by atoms with Gasteiger partial charge in [0, 0.05) is 0 Å². The van der Waals surface area contributed by atoms with Crippen LogP contribution in [-0.2, 0) is 4.74 Å². The Morgan fingerprint density at radius 1 is 0.957 bits per heavy atom. The number of rotatable bonds is 5. The Bertz CT molecular complexity index is 706. The van der Waals surface area contributed by atoms with Crippen molar-refractivity contribution in [2.45, 2.75) is 20.0 Å². The molecule has 2 rings (SSSR count). The molecule has 0 aliphatic carbocycles. The Kier molecular flexibility index (Phi) is 5.36. The van der Waals surface area contributed by atoms with Gasteiger partial charge in [-0.15, -0.1) is 0 Å². The molecular formula is C18H18O5. The summed E-state index contributed by atoms with van der Waals surface area (Å²) in [5.74, 6) is -0.330. The van der Waals surface area contributed by atoms with E-state index < -0.39 is 11.9 Å². The van der Waals surface area contributed by atoms with Crippen molar-refractivity contribution in [2.75, 3.05) is 7.11 Å². The zero-order chi connectivity index (χ0) is 16.8. The quantitative estimate of drug-likeness (QED) is 0.624. The number of carbonyl (C=O) groups is 2. The van der Waals surface area contributed by atoms with Crippen molar-refractivity contribution in [3.63, 3.8) is 0 Å². The van der Waals surface area contributed by atoms with Crippen LogP contribution in [0.15, 0.2) is 48.5 Å². The van der Waals surface area contributed by atoms with Gasteiger partial charge >= 0.3 is 11.9 Å². The second-order valence-electron chi connectivity index (χ2n) is 5.07. The third-order valence-corrected chi connectivity index (χ3v) is 2.94. The Morgan fingerprint density at radius 2 is 1.70 bits per heavy atom. The number of methoxy groups -OCH3 is 1. The minimum Gasteiger partial charge on any atom is -0.490 e. The second kappa shape index (κ2) is 7.45. The summed E-state index contributed by atoms with van der Waals surface area (Å²) in [7, 11) is 1.29. The van der Waals surface area contributed by atoms with Crippen LogP contribution in [0.5, 0.6) is 11.5 Å². The van der Waals surface area contributed by atoms with E-state index in [4.69, 9.17) is 9.47 Å². The number of carbonyl (C=O) groups excluding carboxylic acids is 2. The van der Waals surface area contributed by atoms with Gasteiger partial charge in [-0.25, -0.2) is 9.59 Å². The molecule has 2 aromatic carbocycles. The van der Waals surface area contributed by atoms with Crippen LogP contribution in [0.3, 0.4) is 0 Å². The lowest BCUT2D eigenvalue weighted by Crippen LogP contribution is -2.14. The first kappa shape index (κ1) is 16.5. The van der Waals surface area contributed by atoms with Crippen molar-refractivity contribution in [1.29, 1.82) is 0 Å². The summed E-state index contributed by atoms with van der Waals surface area (Å²) in [6.07, 6.45) is -0.0633. The summed E-state index contributed by atoms with van der Waals surface area (Å²) in [6, 6.07) is 13.1. The fourth-order valence-corrected chi connectivity index (χ4v) is 1.96. The van der Waals surface area contributed by atoms with E-state index in [9.17, 15) is 9.59 Å². The molecule has 0 spiro atoms. The summed E-state index contributed by atoms with van der Waals surface area (Å²) in [6.45, 7) is 3.75. The smallest absolute Gasteiger partial charge is 0.347 e. The largest absolute Gasteiger partial charge is 0.490 e. The molecule has 0 saturated heterocycles. The number of ether oxygens (including phenoxy) is 3. The normalized spacial score (nSPS) is 10.3. The molecule has 5 heteroatoms. The number of para-hydroxylation sites is 1. The van der Waals surface area contributed by atoms with Gasteiger partial charge in [0.05, 0.1) is 18.8 Å². The lowest BCUT2D eigenvalue weighted by molar-refractivity contribution is 0.0597. The highest BCUT2D eigenvalue weighted by Crippen LogP contribution is 2.22. The highest BCUT2D eigenvalue weighted by Gasteiger charge is 2.16. The summed E-state index contributed by atoms with van der Waals surface area (Å²) in [4.78, 5) is 23.9. The predicted octanol–water partition coefficient (Wildman–Crippen LogP) is 3.48. The Labute approximate surface area is 134 Å². The molecule has 0 radical (unpaired) electrons. The maximum absolute atomic E-state index is 12.3. The lowest BCUT2D eigenvalue weighted by atomic mass is 10.2. The Morgan fingerprint density at radius 3 is 2.39 bits per heavy atom. The molecule has 0 aromatic heterocycles. The molecule has 120 valence electrons. The number of hydrogen-bond donors (Lipinski definition) is 0. The van der Waals surface area contributed by atoms with Gasteiger partial charge in [-0.05, 0) is 44.2 Å². The van der Waals surface area contributed by atoms with Crippen LogP contribution in [0, 0.1) is 0 Å². The lowest BCUT2D eigenvalue weighted by Gasteiger charge is -2.13. The van der Waals surface area contributed by atoms with E-state index in [2.05, 4.69) is 4.74 Å². The van der Waals surface area contributed by atoms with Crippen LogP contribution in [0.4, 0.5) is 0 Å². The van der Waals surface area contributed by atoms with Crippen molar-refractivity contribution >= 4 is 11.9 Å². The molecule has 0 saturated carbocycles. The van der Waals surface area contributed by atoms with E-state index in [0.29, 0.717) is 16.9 Å². The van der Waals surface area contributed by atoms with Gasteiger partial charge in [0.2, 0.25) is 0 Å². The predicted molar refractivity (Wildman–Crippen MR) is 84.9 cm³/mol. The number of benzene rings is 2. The van der Waals surface area contributed by atoms with E-state index in [1.165, 1.54) is 13.2 Å². The molecule has 0 N–H and O–H groups in total. The minimum atomic E-state index is -0.553. The van der Waals surface area contributed by atoms with Crippen LogP contribution in [0.1, 0.15) is 34.6 Å². The van der Waals surface area contributed by atoms with Gasteiger partial charge in [-0.3, -0.25) is 0 Å². The van der Waals surface area contributed by atoms with E-state index >= 15 is 0 Å². The zero-order valence-electron chi connectivity index (χ0n) is 13.2. The van der Waals surface area contributed by atoms with E-state index in [1.807, 2.05) is 13.8 Å². The molecule has 0 bridgehead atoms. The summed E-state index contributed by atoms with van der Waals surface area (Å²) in [5.41, 5.74) is 0.634. The van der Waals surface area contributed by atoms with Gasteiger partial charge in [-0.1, -0.05) is 18.2 Å². The zero-order valence-corrected chi connectivity index (χ0v) is 13.2. The summed E-state index contributed by atoms with van der Waals surface area (Å²) in [5, 5.41) is 0. The van der Waals surface area contributed by atoms with E-state index in [0.717, 1.165) is 0 Å². The minimum absolute atomic E-state index is 0.0633. The Balaban J connectivity index is 2.21. The van der Waals surface area contributed by atoms with Gasteiger partial charge < -0.3 is 14.2 Å². The van der Waals surface area contributed by atoms with Crippen LogP contribution >= 0.6 is 0 Å². The molecule has 23 heavy (non-hydrogen) atoms. The third-order valence-electron chi connectivity index (χ3n) is 2.94. The van der Waals surface area contributed by atoms with E-state index in [-0.39, 0.29) is 11.9 Å². The highest BCUT2D eigenvalue weighted by molar-refractivity contribution is 5.94. The average molecular weight is 314 g/mol. The Hall–Kier alpha value is -2.82. The van der Waals surface area contributed by atoms with Crippen molar-refractivity contribution in [1.82, 2.24) is 0 Å². The first-order valence-electron chi connectivity index (χ1n) is 7.17. The molecule has 0 aliphatic heterocycles. The van der Waals surface area contributed by atoms with Crippen LogP contribution < -0.4 is 9.47 Å². The molecule has 0 fully saturated rings. The first-order valence-corrected chi connectivity index (χ1v) is 7.17. The third kappa shape index (κ3) is 4.32. The number of esters is 2. The van der Waals surface area contributed by atoms with Gasteiger partial charge in [0.25, 0.3) is 0 Å². The summed E-state index contributed by atoms with van der Waals surface area (Å²) >= 11 is 0. The fraction of sp³-hybridized carbons (Fsp3) is 0.222. The summed E-state index contributed by atoms with van der Waals surface area (Å²) < 4.78 is 15.6. The molecule has 0 heterocycles. The molecule has 0 amide bonds. The first-order chi connectivity index (χ1) is 11.0. The standard InChI is InChI=1S/C18H18O5/c1-12(2)22-16-10-5-4-9-15(16)18(20)23-14-8-6-7-13(11-14)17(19)21-3/h4-12H,1-3H3. The molecule has 0 atom stereocenters. The maximum atomic E-state index is 12.3. The van der Waals surface area contributed by atoms with Crippen molar-refractivity contribution in [3.8, 4) is 11.5 Å². The van der Waals surface area contributed by atoms with Gasteiger partial charge in [0.15, 0.2) is 0 Å². The topological polar surface area (TPSA) is 61.8 Å². The molecular weight excluding hydrogens is 296 g/mol. The van der Waals surface area contributed by atoms with E-state index in [1.54, 1.807) is 42.5 Å². The SMILES string of the molecule is COC(=O)c1cccc(OC(=O)c2ccccc2OC(C)C)c1. The average Bonchev–Trinajstić information content (AvgIpc) is 2.54. The van der Waals surface area contributed by atoms with Crippen LogP contribution in [0.25, 0.3) is 0 Å². The van der Waals surface area contributed by atoms with Crippen LogP contribution in [0.2, 0.25) is 0 Å². The fourth-order valence-electron chi connectivity index (χ4n) is 1.96. The van der Waals surface area contributed by atoms with Crippen molar-refractivity contribution in [2.24, 2.45) is 0 Å². The van der Waals surface area contributed by atoms with Crippen molar-refractivity contribution < 1.29 is 23.8 Å². The van der Waals surface area contributed by atoms with Gasteiger partial charge in [0.1, 0.15) is 17.1 Å². The van der Waals surface area contributed by atoms with Gasteiger partial charge in [-0.2, -0.15) is 0 Å². The molecule has 5 nitrogen and oxygen atoms in total. The monoisotopic (exact) mass is 314 g/mol. The molecule has 0 unspecified atom stereocenters. The molecule has 2 aromatic rings. The molecule has 0 aliphatic rings. The second-order valence-corrected chi connectivity index (χ2v) is 5.07.